The Kier molecular flexibility index (Phi) is 4.92. The Hall–Kier alpha value is -2.64. The highest BCUT2D eigenvalue weighted by Crippen LogP contribution is 2.00. The topological polar surface area (TPSA) is 93.0 Å². The second-order valence-corrected chi connectivity index (χ2v) is 5.11. The molecule has 0 saturated carbocycles. The molecule has 0 radical (unpaired) electrons. The summed E-state index contributed by atoms with van der Waals surface area (Å²) in [5, 5.41) is 0. The predicted octanol–water partition coefficient (Wildman–Crippen LogP) is -0.639. The maximum atomic E-state index is 12.1. The third kappa shape index (κ3) is 3.94. The molecular formula is C14H19N5O3. The van der Waals surface area contributed by atoms with Crippen molar-refractivity contribution < 1.29 is 4.79 Å². The second kappa shape index (κ2) is 6.88. The van der Waals surface area contributed by atoms with Crippen molar-refractivity contribution >= 4 is 5.91 Å². The number of aromatic amines is 1. The minimum Gasteiger partial charge on any atom is -0.344 e. The van der Waals surface area contributed by atoms with Crippen LogP contribution in [0.25, 0.3) is 0 Å². The first-order chi connectivity index (χ1) is 10.5. The van der Waals surface area contributed by atoms with Gasteiger partial charge in [-0.25, -0.2) is 9.78 Å². The molecule has 118 valence electrons. The third-order valence-corrected chi connectivity index (χ3v) is 3.44. The van der Waals surface area contributed by atoms with Crippen LogP contribution in [-0.2, 0) is 24.8 Å². The molecule has 22 heavy (non-hydrogen) atoms. The molecule has 2 rings (SSSR count). The van der Waals surface area contributed by atoms with Gasteiger partial charge in [-0.3, -0.25) is 19.1 Å². The monoisotopic (exact) mass is 305 g/mol. The van der Waals surface area contributed by atoms with Crippen molar-refractivity contribution in [1.82, 2.24) is 24.0 Å². The Morgan fingerprint density at radius 1 is 1.36 bits per heavy atom. The van der Waals surface area contributed by atoms with E-state index in [1.807, 2.05) is 17.8 Å². The number of aromatic nitrogens is 4. The molecule has 8 heteroatoms. The van der Waals surface area contributed by atoms with Crippen molar-refractivity contribution in [1.29, 1.82) is 0 Å². The smallest absolute Gasteiger partial charge is 0.328 e. The van der Waals surface area contributed by atoms with E-state index in [0.29, 0.717) is 6.54 Å². The van der Waals surface area contributed by atoms with E-state index in [-0.39, 0.29) is 12.5 Å². The number of aryl methyl sites for hydroxylation is 2. The van der Waals surface area contributed by atoms with Crippen LogP contribution in [0, 0.1) is 0 Å². The Morgan fingerprint density at radius 2 is 2.14 bits per heavy atom. The molecule has 1 amide bonds. The summed E-state index contributed by atoms with van der Waals surface area (Å²) in [7, 11) is 3.62. The van der Waals surface area contributed by atoms with E-state index in [1.54, 1.807) is 18.1 Å². The zero-order chi connectivity index (χ0) is 16.1. The second-order valence-electron chi connectivity index (χ2n) is 5.11. The van der Waals surface area contributed by atoms with Crippen LogP contribution in [0.4, 0.5) is 0 Å². The molecule has 0 atom stereocenters. The van der Waals surface area contributed by atoms with Gasteiger partial charge in [-0.05, 0) is 6.42 Å². The summed E-state index contributed by atoms with van der Waals surface area (Å²) in [5.41, 5.74) is -1.06. The average molecular weight is 305 g/mol. The molecule has 0 spiro atoms. The summed E-state index contributed by atoms with van der Waals surface area (Å²) >= 11 is 0. The highest BCUT2D eigenvalue weighted by molar-refractivity contribution is 5.75. The van der Waals surface area contributed by atoms with Gasteiger partial charge in [0.05, 0.1) is 0 Å². The van der Waals surface area contributed by atoms with Crippen LogP contribution in [0.15, 0.2) is 34.2 Å². The van der Waals surface area contributed by atoms with E-state index in [0.717, 1.165) is 18.7 Å². The van der Waals surface area contributed by atoms with Crippen molar-refractivity contribution in [2.24, 2.45) is 7.05 Å². The van der Waals surface area contributed by atoms with Crippen molar-refractivity contribution in [3.05, 3.63) is 51.3 Å². The maximum absolute atomic E-state index is 12.1. The predicted molar refractivity (Wildman–Crippen MR) is 80.5 cm³/mol. The number of rotatable bonds is 6. The fraction of sp³-hybridized carbons (Fsp3) is 0.429. The zero-order valence-corrected chi connectivity index (χ0v) is 12.7. The van der Waals surface area contributed by atoms with Crippen LogP contribution in [0.5, 0.6) is 0 Å². The van der Waals surface area contributed by atoms with Gasteiger partial charge < -0.3 is 9.47 Å². The molecule has 0 aliphatic heterocycles. The number of H-pyrrole nitrogens is 1. The fourth-order valence-electron chi connectivity index (χ4n) is 2.07. The van der Waals surface area contributed by atoms with Crippen LogP contribution in [0.3, 0.4) is 0 Å². The SMILES string of the molecule is CN(CCCc1nccn1C)C(=O)Cn1ccc(=O)[nH]c1=O. The van der Waals surface area contributed by atoms with E-state index in [2.05, 4.69) is 9.97 Å². The van der Waals surface area contributed by atoms with E-state index < -0.39 is 11.2 Å². The average Bonchev–Trinajstić information content (AvgIpc) is 2.87. The van der Waals surface area contributed by atoms with Gasteiger partial charge in [-0.1, -0.05) is 0 Å². The summed E-state index contributed by atoms with van der Waals surface area (Å²) in [4.78, 5) is 42.5. The first kappa shape index (κ1) is 15.7. The fourth-order valence-corrected chi connectivity index (χ4v) is 2.07. The minimum absolute atomic E-state index is 0.0888. The quantitative estimate of drug-likeness (QED) is 0.768. The third-order valence-electron chi connectivity index (χ3n) is 3.44. The number of imidazole rings is 1. The van der Waals surface area contributed by atoms with Crippen molar-refractivity contribution in [2.45, 2.75) is 19.4 Å². The molecule has 0 aliphatic carbocycles. The van der Waals surface area contributed by atoms with Crippen molar-refractivity contribution in [3.8, 4) is 0 Å². The first-order valence-electron chi connectivity index (χ1n) is 6.97. The van der Waals surface area contributed by atoms with Crippen LogP contribution in [-0.4, -0.2) is 43.5 Å². The molecule has 8 nitrogen and oxygen atoms in total. The molecule has 0 bridgehead atoms. The van der Waals surface area contributed by atoms with Crippen LogP contribution in [0.2, 0.25) is 0 Å². The number of nitrogens with zero attached hydrogens (tertiary/aromatic N) is 4. The Labute approximate surface area is 127 Å². The lowest BCUT2D eigenvalue weighted by atomic mass is 10.3. The van der Waals surface area contributed by atoms with Crippen LogP contribution < -0.4 is 11.2 Å². The number of likely N-dealkylation sites (N-methyl/N-ethyl adjacent to an activating group) is 1. The molecule has 2 aromatic rings. The van der Waals surface area contributed by atoms with E-state index in [1.165, 1.54) is 16.8 Å². The van der Waals surface area contributed by atoms with Crippen molar-refractivity contribution in [2.75, 3.05) is 13.6 Å². The highest BCUT2D eigenvalue weighted by Gasteiger charge is 2.11. The van der Waals surface area contributed by atoms with Crippen LogP contribution in [0.1, 0.15) is 12.2 Å². The number of carbonyl (C=O) groups is 1. The molecule has 0 aliphatic rings. The van der Waals surface area contributed by atoms with E-state index in [9.17, 15) is 14.4 Å². The first-order valence-corrected chi connectivity index (χ1v) is 6.97. The lowest BCUT2D eigenvalue weighted by molar-refractivity contribution is -0.130. The minimum atomic E-state index is -0.581. The Bertz CT molecular complexity index is 758. The molecule has 2 heterocycles. The van der Waals surface area contributed by atoms with Gasteiger partial charge in [0.2, 0.25) is 5.91 Å². The largest absolute Gasteiger partial charge is 0.344 e. The molecule has 1 N–H and O–H groups in total. The number of hydrogen-bond donors (Lipinski definition) is 1. The molecule has 0 fully saturated rings. The summed E-state index contributed by atoms with van der Waals surface area (Å²) in [6.45, 7) is 0.484. The van der Waals surface area contributed by atoms with Gasteiger partial charge in [-0.2, -0.15) is 0 Å². The van der Waals surface area contributed by atoms with Gasteiger partial charge in [-0.15, -0.1) is 0 Å². The Morgan fingerprint density at radius 3 is 2.77 bits per heavy atom. The van der Waals surface area contributed by atoms with Gasteiger partial charge >= 0.3 is 5.69 Å². The normalized spacial score (nSPS) is 10.6. The lowest BCUT2D eigenvalue weighted by Gasteiger charge is -2.17. The highest BCUT2D eigenvalue weighted by atomic mass is 16.2. The molecule has 0 unspecified atom stereocenters. The number of carbonyl (C=O) groups excluding carboxylic acids is 1. The zero-order valence-electron chi connectivity index (χ0n) is 12.7. The summed E-state index contributed by atoms with van der Waals surface area (Å²) in [6, 6.07) is 1.22. The summed E-state index contributed by atoms with van der Waals surface area (Å²) in [6.07, 6.45) is 6.51. The number of nitrogens with one attached hydrogen (secondary N) is 1. The molecular weight excluding hydrogens is 286 g/mol. The van der Waals surface area contributed by atoms with Gasteiger partial charge in [0.1, 0.15) is 12.4 Å². The van der Waals surface area contributed by atoms with E-state index in [4.69, 9.17) is 0 Å². The van der Waals surface area contributed by atoms with Gasteiger partial charge in [0, 0.05) is 51.7 Å². The molecule has 2 aromatic heterocycles. The maximum Gasteiger partial charge on any atom is 0.328 e. The van der Waals surface area contributed by atoms with Crippen LogP contribution >= 0.6 is 0 Å². The van der Waals surface area contributed by atoms with E-state index >= 15 is 0 Å². The standard InChI is InChI=1S/C14H19N5O3/c1-17-9-6-15-11(17)4-3-7-18(2)13(21)10-19-8-5-12(20)16-14(19)22/h5-6,8-9H,3-4,7,10H2,1-2H3,(H,16,20,22). The Balaban J connectivity index is 1.85. The molecule has 0 saturated heterocycles. The number of amides is 1. The summed E-state index contributed by atoms with van der Waals surface area (Å²) in [5.74, 6) is 0.784. The molecule has 0 aromatic carbocycles. The van der Waals surface area contributed by atoms with Crippen molar-refractivity contribution in [3.63, 3.8) is 0 Å². The number of hydrogen-bond acceptors (Lipinski definition) is 4. The van der Waals surface area contributed by atoms with Gasteiger partial charge in [0.15, 0.2) is 0 Å². The van der Waals surface area contributed by atoms with Gasteiger partial charge in [0.25, 0.3) is 5.56 Å². The summed E-state index contributed by atoms with van der Waals surface area (Å²) < 4.78 is 3.13. The lowest BCUT2D eigenvalue weighted by Crippen LogP contribution is -2.36.